The molecular weight excluding hydrogens is 218 g/mol. The van der Waals surface area contributed by atoms with E-state index in [0.29, 0.717) is 16.7 Å². The first-order valence-electron chi connectivity index (χ1n) is 5.80. The quantitative estimate of drug-likeness (QED) is 0.867. The lowest BCUT2D eigenvalue weighted by Gasteiger charge is -2.42. The van der Waals surface area contributed by atoms with Crippen molar-refractivity contribution in [2.24, 2.45) is 5.41 Å². The third-order valence-corrected chi connectivity index (χ3v) is 3.78. The SMILES string of the molecule is COc1ccc(N2CC3(CC3)C2)c(C(=O)O)c1. The van der Waals surface area contributed by atoms with Crippen molar-refractivity contribution in [3.8, 4) is 5.75 Å². The molecule has 90 valence electrons. The second-order valence-electron chi connectivity index (χ2n) is 5.04. The van der Waals surface area contributed by atoms with Gasteiger partial charge in [0.15, 0.2) is 0 Å². The molecule has 0 unspecified atom stereocenters. The Balaban J connectivity index is 1.90. The molecule has 0 bridgehead atoms. The Hall–Kier alpha value is -1.71. The average Bonchev–Trinajstić information content (AvgIpc) is 3.06. The van der Waals surface area contributed by atoms with E-state index in [4.69, 9.17) is 4.74 Å². The second kappa shape index (κ2) is 3.39. The average molecular weight is 233 g/mol. The predicted octanol–water partition coefficient (Wildman–Crippen LogP) is 1.99. The second-order valence-corrected chi connectivity index (χ2v) is 5.04. The van der Waals surface area contributed by atoms with Crippen LogP contribution in [0.4, 0.5) is 5.69 Å². The molecule has 0 radical (unpaired) electrons. The number of hydrogen-bond donors (Lipinski definition) is 1. The molecule has 1 saturated heterocycles. The third-order valence-electron chi connectivity index (χ3n) is 3.78. The summed E-state index contributed by atoms with van der Waals surface area (Å²) in [7, 11) is 1.55. The number of anilines is 1. The largest absolute Gasteiger partial charge is 0.497 e. The molecule has 1 aromatic carbocycles. The van der Waals surface area contributed by atoms with Gasteiger partial charge in [-0.1, -0.05) is 0 Å². The fraction of sp³-hybridized carbons (Fsp3) is 0.462. The summed E-state index contributed by atoms with van der Waals surface area (Å²) in [5, 5.41) is 9.22. The molecule has 4 nitrogen and oxygen atoms in total. The van der Waals surface area contributed by atoms with E-state index in [1.165, 1.54) is 12.8 Å². The van der Waals surface area contributed by atoms with Gasteiger partial charge in [-0.05, 0) is 31.0 Å². The summed E-state index contributed by atoms with van der Waals surface area (Å²) in [6.45, 7) is 2.00. The maximum atomic E-state index is 11.2. The molecule has 0 amide bonds. The van der Waals surface area contributed by atoms with Gasteiger partial charge in [0.25, 0.3) is 0 Å². The minimum absolute atomic E-state index is 0.333. The van der Waals surface area contributed by atoms with Crippen molar-refractivity contribution in [1.82, 2.24) is 0 Å². The van der Waals surface area contributed by atoms with Crippen molar-refractivity contribution >= 4 is 11.7 Å². The Morgan fingerprint density at radius 2 is 2.12 bits per heavy atom. The molecule has 2 fully saturated rings. The van der Waals surface area contributed by atoms with Crippen LogP contribution >= 0.6 is 0 Å². The Kier molecular flexibility index (Phi) is 2.08. The third kappa shape index (κ3) is 1.64. The van der Waals surface area contributed by atoms with Crippen LogP contribution in [0, 0.1) is 5.41 Å². The van der Waals surface area contributed by atoms with Gasteiger partial charge in [-0.3, -0.25) is 0 Å². The summed E-state index contributed by atoms with van der Waals surface area (Å²) in [5.74, 6) is -0.302. The Morgan fingerprint density at radius 3 is 2.65 bits per heavy atom. The molecule has 0 aromatic heterocycles. The topological polar surface area (TPSA) is 49.8 Å². The number of benzene rings is 1. The van der Waals surface area contributed by atoms with E-state index in [-0.39, 0.29) is 0 Å². The fourth-order valence-electron chi connectivity index (χ4n) is 2.52. The number of carboxylic acids is 1. The first-order chi connectivity index (χ1) is 8.13. The smallest absolute Gasteiger partial charge is 0.337 e. The summed E-state index contributed by atoms with van der Waals surface area (Å²) < 4.78 is 5.06. The molecule has 3 rings (SSSR count). The molecule has 1 spiro atoms. The van der Waals surface area contributed by atoms with Crippen molar-refractivity contribution in [3.63, 3.8) is 0 Å². The number of aromatic carboxylic acids is 1. The molecule has 1 N–H and O–H groups in total. The van der Waals surface area contributed by atoms with Gasteiger partial charge in [0, 0.05) is 18.5 Å². The van der Waals surface area contributed by atoms with Crippen molar-refractivity contribution in [1.29, 1.82) is 0 Å². The van der Waals surface area contributed by atoms with E-state index in [1.54, 1.807) is 13.2 Å². The summed E-state index contributed by atoms with van der Waals surface area (Å²) >= 11 is 0. The van der Waals surface area contributed by atoms with Crippen LogP contribution in [0.2, 0.25) is 0 Å². The molecule has 2 aliphatic rings. The summed E-state index contributed by atoms with van der Waals surface area (Å²) in [6, 6.07) is 5.26. The normalized spacial score (nSPS) is 19.9. The van der Waals surface area contributed by atoms with E-state index >= 15 is 0 Å². The van der Waals surface area contributed by atoms with Crippen LogP contribution in [-0.4, -0.2) is 31.3 Å². The molecule has 4 heteroatoms. The van der Waals surface area contributed by atoms with E-state index in [1.807, 2.05) is 12.1 Å². The first kappa shape index (κ1) is 10.4. The molecule has 1 aromatic rings. The summed E-state index contributed by atoms with van der Waals surface area (Å²) in [4.78, 5) is 13.4. The first-order valence-corrected chi connectivity index (χ1v) is 5.80. The van der Waals surface area contributed by atoms with Crippen LogP contribution in [0.1, 0.15) is 23.2 Å². The molecule has 0 atom stereocenters. The highest BCUT2D eigenvalue weighted by Gasteiger charge is 2.52. The van der Waals surface area contributed by atoms with E-state index < -0.39 is 5.97 Å². The van der Waals surface area contributed by atoms with Crippen molar-refractivity contribution < 1.29 is 14.6 Å². The van der Waals surface area contributed by atoms with E-state index in [0.717, 1.165) is 18.8 Å². The van der Waals surface area contributed by atoms with Crippen LogP contribution in [0.5, 0.6) is 5.75 Å². The Labute approximate surface area is 99.8 Å². The highest BCUT2D eigenvalue weighted by atomic mass is 16.5. The number of carbonyl (C=O) groups is 1. The Morgan fingerprint density at radius 1 is 1.41 bits per heavy atom. The van der Waals surface area contributed by atoms with Gasteiger partial charge in [0.05, 0.1) is 18.4 Å². The van der Waals surface area contributed by atoms with Gasteiger partial charge in [-0.25, -0.2) is 4.79 Å². The molecule has 1 aliphatic heterocycles. The van der Waals surface area contributed by atoms with Crippen LogP contribution < -0.4 is 9.64 Å². The number of ether oxygens (including phenoxy) is 1. The fourth-order valence-corrected chi connectivity index (χ4v) is 2.52. The highest BCUT2D eigenvalue weighted by Crippen LogP contribution is 2.54. The highest BCUT2D eigenvalue weighted by molar-refractivity contribution is 5.95. The summed E-state index contributed by atoms with van der Waals surface area (Å²) in [6.07, 6.45) is 2.59. The lowest BCUT2D eigenvalue weighted by molar-refractivity contribution is 0.0696. The maximum absolute atomic E-state index is 11.2. The zero-order valence-electron chi connectivity index (χ0n) is 9.77. The van der Waals surface area contributed by atoms with Crippen molar-refractivity contribution in [2.45, 2.75) is 12.8 Å². The number of rotatable bonds is 3. The molecule has 17 heavy (non-hydrogen) atoms. The van der Waals surface area contributed by atoms with E-state index in [2.05, 4.69) is 4.90 Å². The summed E-state index contributed by atoms with van der Waals surface area (Å²) in [5.41, 5.74) is 1.67. The van der Waals surface area contributed by atoms with Gasteiger partial charge >= 0.3 is 5.97 Å². The van der Waals surface area contributed by atoms with Crippen LogP contribution in [0.15, 0.2) is 18.2 Å². The van der Waals surface area contributed by atoms with Crippen LogP contribution in [-0.2, 0) is 0 Å². The van der Waals surface area contributed by atoms with Gasteiger partial charge in [0.2, 0.25) is 0 Å². The van der Waals surface area contributed by atoms with E-state index in [9.17, 15) is 9.90 Å². The van der Waals surface area contributed by atoms with Gasteiger partial charge in [-0.2, -0.15) is 0 Å². The maximum Gasteiger partial charge on any atom is 0.337 e. The van der Waals surface area contributed by atoms with Crippen molar-refractivity contribution in [3.05, 3.63) is 23.8 Å². The predicted molar refractivity (Wildman–Crippen MR) is 63.8 cm³/mol. The van der Waals surface area contributed by atoms with Gasteiger partial charge in [0.1, 0.15) is 5.75 Å². The number of nitrogens with zero attached hydrogens (tertiary/aromatic N) is 1. The van der Waals surface area contributed by atoms with Gasteiger partial charge in [-0.15, -0.1) is 0 Å². The number of methoxy groups -OCH3 is 1. The lowest BCUT2D eigenvalue weighted by atomic mass is 9.95. The standard InChI is InChI=1S/C13H15NO3/c1-17-9-2-3-11(10(6-9)12(15)16)14-7-13(8-14)4-5-13/h2-3,6H,4-5,7-8H2,1H3,(H,15,16). The molecule has 1 heterocycles. The zero-order valence-corrected chi connectivity index (χ0v) is 9.77. The molecule has 1 aliphatic carbocycles. The number of carboxylic acid groups (broad SMARTS) is 1. The van der Waals surface area contributed by atoms with Gasteiger partial charge < -0.3 is 14.7 Å². The monoisotopic (exact) mass is 233 g/mol. The minimum atomic E-state index is -0.893. The molecular formula is C13H15NO3. The van der Waals surface area contributed by atoms with Crippen LogP contribution in [0.3, 0.4) is 0 Å². The lowest BCUT2D eigenvalue weighted by Crippen LogP contribution is -2.49. The minimum Gasteiger partial charge on any atom is -0.497 e. The van der Waals surface area contributed by atoms with Crippen LogP contribution in [0.25, 0.3) is 0 Å². The zero-order chi connectivity index (χ0) is 12.0. The Bertz CT molecular complexity index is 472. The molecule has 1 saturated carbocycles. The van der Waals surface area contributed by atoms with Crippen molar-refractivity contribution in [2.75, 3.05) is 25.1 Å². The number of hydrogen-bond acceptors (Lipinski definition) is 3.